The van der Waals surface area contributed by atoms with Crippen LogP contribution in [-0.2, 0) is 14.8 Å². The molecule has 0 radical (unpaired) electrons. The Kier molecular flexibility index (Phi) is 6.73. The van der Waals surface area contributed by atoms with E-state index in [0.29, 0.717) is 12.1 Å². The van der Waals surface area contributed by atoms with E-state index < -0.39 is 10.0 Å². The van der Waals surface area contributed by atoms with E-state index in [1.54, 1.807) is 6.92 Å². The fourth-order valence-electron chi connectivity index (χ4n) is 2.58. The quantitative estimate of drug-likeness (QED) is 0.741. The van der Waals surface area contributed by atoms with Gasteiger partial charge in [0.05, 0.1) is 18.1 Å². The molecule has 1 saturated heterocycles. The van der Waals surface area contributed by atoms with Gasteiger partial charge < -0.3 is 10.1 Å². The number of hydrogen-bond acceptors (Lipinski definition) is 5. The minimum Gasteiger partial charge on any atom is -0.379 e. The van der Waals surface area contributed by atoms with Crippen LogP contribution in [0.3, 0.4) is 0 Å². The standard InChI is InChI=1S/C16H25N3O4S/c1-3-17-24(21,22)15-6-4-14(5-7-15)16(20)18-13(2)12-19-8-10-23-11-9-19/h4-7,13,17H,3,8-12H2,1-2H3,(H,18,20)/t13-/m1/s1. The number of carbonyl (C=O) groups is 1. The second kappa shape index (κ2) is 8.57. The third kappa shape index (κ3) is 5.27. The number of ether oxygens (including phenoxy) is 1. The first kappa shape index (κ1) is 18.9. The highest BCUT2D eigenvalue weighted by Gasteiger charge is 2.17. The summed E-state index contributed by atoms with van der Waals surface area (Å²) in [5.41, 5.74) is 0.444. The van der Waals surface area contributed by atoms with Gasteiger partial charge in [0.1, 0.15) is 0 Å². The maximum Gasteiger partial charge on any atom is 0.251 e. The summed E-state index contributed by atoms with van der Waals surface area (Å²) in [4.78, 5) is 14.7. The number of nitrogens with zero attached hydrogens (tertiary/aromatic N) is 1. The lowest BCUT2D eigenvalue weighted by molar-refractivity contribution is 0.0342. The van der Waals surface area contributed by atoms with E-state index in [0.717, 1.165) is 32.8 Å². The molecule has 1 atom stereocenters. The molecule has 0 bridgehead atoms. The first-order valence-corrected chi connectivity index (χ1v) is 9.61. The highest BCUT2D eigenvalue weighted by Crippen LogP contribution is 2.10. The fourth-order valence-corrected chi connectivity index (χ4v) is 3.62. The van der Waals surface area contributed by atoms with E-state index in [1.165, 1.54) is 24.3 Å². The molecule has 2 N–H and O–H groups in total. The van der Waals surface area contributed by atoms with Crippen LogP contribution >= 0.6 is 0 Å². The van der Waals surface area contributed by atoms with E-state index >= 15 is 0 Å². The van der Waals surface area contributed by atoms with Gasteiger partial charge in [0, 0.05) is 37.8 Å². The van der Waals surface area contributed by atoms with Crippen LogP contribution in [-0.4, -0.2) is 64.7 Å². The van der Waals surface area contributed by atoms with Gasteiger partial charge in [-0.1, -0.05) is 6.92 Å². The maximum absolute atomic E-state index is 12.3. The van der Waals surface area contributed by atoms with Crippen LogP contribution in [0, 0.1) is 0 Å². The molecule has 1 heterocycles. The first-order chi connectivity index (χ1) is 11.4. The Balaban J connectivity index is 1.92. The molecule has 0 spiro atoms. The lowest BCUT2D eigenvalue weighted by Crippen LogP contribution is -2.46. The van der Waals surface area contributed by atoms with Gasteiger partial charge in [-0.2, -0.15) is 0 Å². The van der Waals surface area contributed by atoms with Crippen molar-refractivity contribution in [3.63, 3.8) is 0 Å². The summed E-state index contributed by atoms with van der Waals surface area (Å²) in [6, 6.07) is 5.95. The number of benzene rings is 1. The van der Waals surface area contributed by atoms with E-state index in [-0.39, 0.29) is 16.8 Å². The van der Waals surface area contributed by atoms with Crippen LogP contribution in [0.2, 0.25) is 0 Å². The molecular weight excluding hydrogens is 330 g/mol. The van der Waals surface area contributed by atoms with Crippen LogP contribution in [0.25, 0.3) is 0 Å². The molecule has 134 valence electrons. The van der Waals surface area contributed by atoms with Crippen molar-refractivity contribution in [1.29, 1.82) is 0 Å². The molecule has 1 aromatic carbocycles. The van der Waals surface area contributed by atoms with Gasteiger partial charge >= 0.3 is 0 Å². The van der Waals surface area contributed by atoms with Gasteiger partial charge in [-0.05, 0) is 31.2 Å². The monoisotopic (exact) mass is 355 g/mol. The minimum atomic E-state index is -3.50. The summed E-state index contributed by atoms with van der Waals surface area (Å²) in [7, 11) is -3.50. The second-order valence-corrected chi connectivity index (χ2v) is 7.58. The second-order valence-electron chi connectivity index (χ2n) is 5.81. The highest BCUT2D eigenvalue weighted by molar-refractivity contribution is 7.89. The molecule has 0 saturated carbocycles. The van der Waals surface area contributed by atoms with Crippen molar-refractivity contribution >= 4 is 15.9 Å². The molecule has 1 amide bonds. The van der Waals surface area contributed by atoms with Crippen LogP contribution in [0.1, 0.15) is 24.2 Å². The molecule has 0 unspecified atom stereocenters. The summed E-state index contributed by atoms with van der Waals surface area (Å²) in [5, 5.41) is 2.94. The Hall–Kier alpha value is -1.48. The minimum absolute atomic E-state index is 0.000710. The Bertz CT molecular complexity index is 640. The van der Waals surface area contributed by atoms with Gasteiger partial charge in [0.25, 0.3) is 5.91 Å². The number of morpholine rings is 1. The van der Waals surface area contributed by atoms with Crippen molar-refractivity contribution in [2.24, 2.45) is 0 Å². The highest BCUT2D eigenvalue weighted by atomic mass is 32.2. The van der Waals surface area contributed by atoms with Crippen molar-refractivity contribution in [1.82, 2.24) is 14.9 Å². The van der Waals surface area contributed by atoms with Crippen LogP contribution in [0.4, 0.5) is 0 Å². The topological polar surface area (TPSA) is 87.7 Å². The van der Waals surface area contributed by atoms with Crippen LogP contribution in [0.15, 0.2) is 29.2 Å². The lowest BCUT2D eigenvalue weighted by atomic mass is 10.2. The van der Waals surface area contributed by atoms with Gasteiger partial charge in [0.2, 0.25) is 10.0 Å². The van der Waals surface area contributed by atoms with Gasteiger partial charge in [-0.25, -0.2) is 13.1 Å². The third-order valence-electron chi connectivity index (χ3n) is 3.77. The van der Waals surface area contributed by atoms with Crippen molar-refractivity contribution in [3.8, 4) is 0 Å². The van der Waals surface area contributed by atoms with Crippen molar-refractivity contribution < 1.29 is 17.9 Å². The zero-order valence-electron chi connectivity index (χ0n) is 14.1. The first-order valence-electron chi connectivity index (χ1n) is 8.13. The largest absolute Gasteiger partial charge is 0.379 e. The molecule has 8 heteroatoms. The number of amides is 1. The lowest BCUT2D eigenvalue weighted by Gasteiger charge is -2.29. The summed E-state index contributed by atoms with van der Waals surface area (Å²) >= 11 is 0. The zero-order chi connectivity index (χ0) is 17.6. The van der Waals surface area contributed by atoms with Gasteiger partial charge in [-0.3, -0.25) is 9.69 Å². The molecule has 0 aliphatic carbocycles. The molecule has 7 nitrogen and oxygen atoms in total. The molecule has 24 heavy (non-hydrogen) atoms. The van der Waals surface area contributed by atoms with Gasteiger partial charge in [-0.15, -0.1) is 0 Å². The summed E-state index contributed by atoms with van der Waals surface area (Å²) < 4.78 is 31.5. The van der Waals surface area contributed by atoms with E-state index in [1.807, 2.05) is 6.92 Å². The third-order valence-corrected chi connectivity index (χ3v) is 5.34. The smallest absolute Gasteiger partial charge is 0.251 e. The molecular formula is C16H25N3O4S. The average Bonchev–Trinajstić information content (AvgIpc) is 2.55. The Morgan fingerprint density at radius 2 is 1.88 bits per heavy atom. The van der Waals surface area contributed by atoms with Crippen molar-refractivity contribution in [3.05, 3.63) is 29.8 Å². The van der Waals surface area contributed by atoms with Crippen LogP contribution < -0.4 is 10.0 Å². The normalized spacial score (nSPS) is 17.4. The zero-order valence-corrected chi connectivity index (χ0v) is 14.9. The maximum atomic E-state index is 12.3. The molecule has 1 aliphatic rings. The predicted octanol–water partition coefficient (Wildman–Crippen LogP) is 0.435. The molecule has 2 rings (SSSR count). The number of carbonyl (C=O) groups excluding carboxylic acids is 1. The Morgan fingerprint density at radius 1 is 1.25 bits per heavy atom. The van der Waals surface area contributed by atoms with E-state index in [2.05, 4.69) is 14.9 Å². The Morgan fingerprint density at radius 3 is 2.46 bits per heavy atom. The fraction of sp³-hybridized carbons (Fsp3) is 0.562. The molecule has 1 aliphatic heterocycles. The number of sulfonamides is 1. The predicted molar refractivity (Wildman–Crippen MR) is 91.5 cm³/mol. The SMILES string of the molecule is CCNS(=O)(=O)c1ccc(C(=O)N[C@H](C)CN2CCOCC2)cc1. The van der Waals surface area contributed by atoms with E-state index in [4.69, 9.17) is 4.74 Å². The Labute approximate surface area is 143 Å². The van der Waals surface area contributed by atoms with Crippen molar-refractivity contribution in [2.45, 2.75) is 24.8 Å². The molecule has 1 aromatic rings. The van der Waals surface area contributed by atoms with E-state index in [9.17, 15) is 13.2 Å². The summed E-state index contributed by atoms with van der Waals surface area (Å²) in [6.07, 6.45) is 0. The summed E-state index contributed by atoms with van der Waals surface area (Å²) in [5.74, 6) is -0.205. The average molecular weight is 355 g/mol. The van der Waals surface area contributed by atoms with Gasteiger partial charge in [0.15, 0.2) is 0 Å². The van der Waals surface area contributed by atoms with Crippen LogP contribution in [0.5, 0.6) is 0 Å². The number of hydrogen-bond donors (Lipinski definition) is 2. The van der Waals surface area contributed by atoms with Crippen molar-refractivity contribution in [2.75, 3.05) is 39.4 Å². The molecule has 0 aromatic heterocycles. The molecule has 1 fully saturated rings. The number of rotatable bonds is 7. The number of nitrogens with one attached hydrogen (secondary N) is 2. The summed E-state index contributed by atoms with van der Waals surface area (Å²) in [6.45, 7) is 7.96.